The summed E-state index contributed by atoms with van der Waals surface area (Å²) in [5, 5.41) is 0. The van der Waals surface area contributed by atoms with Crippen molar-refractivity contribution in [2.24, 2.45) is 0 Å². The zero-order valence-corrected chi connectivity index (χ0v) is 32.6. The predicted octanol–water partition coefficient (Wildman–Crippen LogP) is 4.21. The normalized spacial score (nSPS) is 27.2. The summed E-state index contributed by atoms with van der Waals surface area (Å²) in [7, 11) is 1.34. The van der Waals surface area contributed by atoms with Gasteiger partial charge in [-0.2, -0.15) is 0 Å². The van der Waals surface area contributed by atoms with E-state index in [1.165, 1.54) is 34.8 Å². The molecule has 308 valence electrons. The number of benzene rings is 3. The highest BCUT2D eigenvalue weighted by atomic mass is 16.8. The molecule has 0 aromatic heterocycles. The highest BCUT2D eigenvalue weighted by Crippen LogP contribution is 2.36. The lowest BCUT2D eigenvalue weighted by atomic mass is 9.96. The van der Waals surface area contributed by atoms with Gasteiger partial charge in [-0.25, -0.2) is 0 Å². The molecule has 15 nitrogen and oxygen atoms in total. The maximum Gasteiger partial charge on any atom is 0.303 e. The van der Waals surface area contributed by atoms with Crippen molar-refractivity contribution < 1.29 is 71.3 Å². The standard InChI is InChI=1S/C42H50O15/c1-26(43)48-24-33-35(50-21-30-15-9-6-10-16-30)37(51-22-31-17-11-7-12-18-31)39(52-23-32-19-13-8-14-20-32)42(56-33)57-40-38(54-29(4)46)36(53-28(3)45)34(25-49-27(2)44)55-41(40)47-5/h6-20,33-42H,21-25H2,1-5H3/t33-,34-,35-,36-,37+,38+,39+,40+,41+,42+/m1/s1. The maximum absolute atomic E-state index is 12.7. The summed E-state index contributed by atoms with van der Waals surface area (Å²) in [6.45, 7) is 4.59. The number of hydrogen-bond acceptors (Lipinski definition) is 15. The SMILES string of the molecule is CO[C@H]1O[C@H](COC(C)=O)[C@@H](OC(C)=O)[C@H](OC(C)=O)[C@@H]1O[C@@H]1O[C@H](COC(C)=O)[C@@H](OCc2ccccc2)[C@H](OCc2ccccc2)[C@@H]1OCc1ccccc1. The Kier molecular flexibility index (Phi) is 16.5. The van der Waals surface area contributed by atoms with Gasteiger partial charge >= 0.3 is 23.9 Å². The van der Waals surface area contributed by atoms with Crippen molar-refractivity contribution in [3.05, 3.63) is 108 Å². The zero-order valence-electron chi connectivity index (χ0n) is 32.6. The fourth-order valence-corrected chi connectivity index (χ4v) is 6.55. The van der Waals surface area contributed by atoms with E-state index in [1.54, 1.807) is 0 Å². The van der Waals surface area contributed by atoms with Crippen LogP contribution in [0.25, 0.3) is 0 Å². The van der Waals surface area contributed by atoms with E-state index in [-0.39, 0.29) is 33.0 Å². The summed E-state index contributed by atoms with van der Waals surface area (Å²) >= 11 is 0. The fourth-order valence-electron chi connectivity index (χ4n) is 6.55. The summed E-state index contributed by atoms with van der Waals surface area (Å²) < 4.78 is 67.3. The van der Waals surface area contributed by atoms with Crippen molar-refractivity contribution in [2.45, 2.75) is 109 Å². The smallest absolute Gasteiger partial charge is 0.303 e. The third-order valence-corrected chi connectivity index (χ3v) is 9.07. The Bertz CT molecular complexity index is 1710. The van der Waals surface area contributed by atoms with Gasteiger partial charge in [0.15, 0.2) is 30.9 Å². The van der Waals surface area contributed by atoms with Gasteiger partial charge in [0.1, 0.15) is 43.7 Å². The van der Waals surface area contributed by atoms with Crippen molar-refractivity contribution in [3.8, 4) is 0 Å². The Morgan fingerprint density at radius 1 is 0.474 bits per heavy atom. The molecule has 3 aromatic rings. The van der Waals surface area contributed by atoms with Crippen LogP contribution in [0.15, 0.2) is 91.0 Å². The molecule has 0 saturated carbocycles. The largest absolute Gasteiger partial charge is 0.463 e. The van der Waals surface area contributed by atoms with Crippen LogP contribution in [0.2, 0.25) is 0 Å². The molecule has 5 rings (SSSR count). The minimum atomic E-state index is -1.37. The molecular weight excluding hydrogens is 744 g/mol. The first-order valence-electron chi connectivity index (χ1n) is 18.6. The van der Waals surface area contributed by atoms with Crippen LogP contribution in [0, 0.1) is 0 Å². The van der Waals surface area contributed by atoms with E-state index in [9.17, 15) is 19.2 Å². The Morgan fingerprint density at radius 3 is 1.32 bits per heavy atom. The molecule has 2 fully saturated rings. The van der Waals surface area contributed by atoms with Crippen LogP contribution < -0.4 is 0 Å². The number of ether oxygens (including phenoxy) is 11. The lowest BCUT2D eigenvalue weighted by molar-refractivity contribution is -0.375. The number of carbonyl (C=O) groups is 4. The van der Waals surface area contributed by atoms with E-state index < -0.39 is 85.3 Å². The molecule has 2 heterocycles. The minimum absolute atomic E-state index is 0.0860. The van der Waals surface area contributed by atoms with Crippen molar-refractivity contribution >= 4 is 23.9 Å². The summed E-state index contributed by atoms with van der Waals surface area (Å²) in [6.07, 6.45) is -11.7. The molecule has 0 N–H and O–H groups in total. The number of methoxy groups -OCH3 is 1. The van der Waals surface area contributed by atoms with Gasteiger partial charge in [0, 0.05) is 34.8 Å². The van der Waals surface area contributed by atoms with Gasteiger partial charge in [-0.05, 0) is 16.7 Å². The molecule has 15 heteroatoms. The van der Waals surface area contributed by atoms with Crippen LogP contribution in [0.3, 0.4) is 0 Å². The van der Waals surface area contributed by atoms with Crippen LogP contribution >= 0.6 is 0 Å². The first-order valence-corrected chi connectivity index (χ1v) is 18.6. The first kappa shape index (κ1) is 43.4. The average molecular weight is 795 g/mol. The second kappa shape index (κ2) is 21.7. The summed E-state index contributed by atoms with van der Waals surface area (Å²) in [5.41, 5.74) is 2.57. The monoisotopic (exact) mass is 794 g/mol. The van der Waals surface area contributed by atoms with Gasteiger partial charge in [-0.15, -0.1) is 0 Å². The highest BCUT2D eigenvalue weighted by Gasteiger charge is 2.56. The zero-order chi connectivity index (χ0) is 40.7. The van der Waals surface area contributed by atoms with E-state index in [2.05, 4.69) is 0 Å². The minimum Gasteiger partial charge on any atom is -0.463 e. The number of esters is 4. The van der Waals surface area contributed by atoms with E-state index in [4.69, 9.17) is 52.1 Å². The molecule has 2 aliphatic heterocycles. The van der Waals surface area contributed by atoms with E-state index in [1.807, 2.05) is 91.0 Å². The molecule has 0 unspecified atom stereocenters. The van der Waals surface area contributed by atoms with Crippen molar-refractivity contribution in [2.75, 3.05) is 20.3 Å². The van der Waals surface area contributed by atoms with Crippen LogP contribution in [0.1, 0.15) is 44.4 Å². The molecule has 0 radical (unpaired) electrons. The quantitative estimate of drug-likeness (QED) is 0.132. The van der Waals surface area contributed by atoms with Gasteiger partial charge in [0.25, 0.3) is 0 Å². The molecule has 3 aromatic carbocycles. The number of rotatable bonds is 18. The molecule has 2 aliphatic rings. The number of carbonyl (C=O) groups excluding carboxylic acids is 4. The van der Waals surface area contributed by atoms with Crippen molar-refractivity contribution in [1.82, 2.24) is 0 Å². The summed E-state index contributed by atoms with van der Waals surface area (Å²) in [6, 6.07) is 28.4. The highest BCUT2D eigenvalue weighted by molar-refractivity contribution is 5.68. The topological polar surface area (TPSA) is 170 Å². The van der Waals surface area contributed by atoms with Gasteiger partial charge in [0.05, 0.1) is 19.8 Å². The van der Waals surface area contributed by atoms with E-state index in [0.29, 0.717) is 0 Å². The summed E-state index contributed by atoms with van der Waals surface area (Å²) in [4.78, 5) is 49.1. The Hall–Kier alpha value is -4.74. The second-order valence-electron chi connectivity index (χ2n) is 13.5. The Morgan fingerprint density at radius 2 is 0.877 bits per heavy atom. The van der Waals surface area contributed by atoms with Gasteiger partial charge < -0.3 is 52.1 Å². The molecule has 10 atom stereocenters. The van der Waals surface area contributed by atoms with Gasteiger partial charge in [-0.3, -0.25) is 19.2 Å². The molecular formula is C42H50O15. The van der Waals surface area contributed by atoms with Crippen LogP contribution in [0.4, 0.5) is 0 Å². The third kappa shape index (κ3) is 12.9. The molecule has 0 amide bonds. The van der Waals surface area contributed by atoms with Crippen LogP contribution in [0.5, 0.6) is 0 Å². The van der Waals surface area contributed by atoms with Crippen LogP contribution in [-0.2, 0) is 91.1 Å². The Labute approximate surface area is 331 Å². The fraction of sp³-hybridized carbons (Fsp3) is 0.476. The molecule has 2 saturated heterocycles. The third-order valence-electron chi connectivity index (χ3n) is 9.07. The van der Waals surface area contributed by atoms with Crippen molar-refractivity contribution in [1.29, 1.82) is 0 Å². The van der Waals surface area contributed by atoms with Crippen LogP contribution in [-0.4, -0.2) is 106 Å². The lowest BCUT2D eigenvalue weighted by Gasteiger charge is -2.49. The molecule has 0 bridgehead atoms. The number of hydrogen-bond donors (Lipinski definition) is 0. The average Bonchev–Trinajstić information content (AvgIpc) is 3.19. The predicted molar refractivity (Wildman–Crippen MR) is 199 cm³/mol. The van der Waals surface area contributed by atoms with Crippen molar-refractivity contribution in [3.63, 3.8) is 0 Å². The van der Waals surface area contributed by atoms with Gasteiger partial charge in [0.2, 0.25) is 0 Å². The first-order chi connectivity index (χ1) is 27.5. The molecule has 57 heavy (non-hydrogen) atoms. The molecule has 0 spiro atoms. The Balaban J connectivity index is 1.57. The second-order valence-corrected chi connectivity index (χ2v) is 13.5. The summed E-state index contributed by atoms with van der Waals surface area (Å²) in [5.74, 6) is -2.63. The van der Waals surface area contributed by atoms with Gasteiger partial charge in [-0.1, -0.05) is 91.0 Å². The molecule has 0 aliphatic carbocycles. The van der Waals surface area contributed by atoms with E-state index in [0.717, 1.165) is 16.7 Å². The maximum atomic E-state index is 12.7. The lowest BCUT2D eigenvalue weighted by Crippen LogP contribution is -2.66. The van der Waals surface area contributed by atoms with E-state index >= 15 is 0 Å².